The number of nitrogens with two attached hydrogens (primary N) is 1. The average Bonchev–Trinajstić information content (AvgIpc) is 2.71. The number of anilines is 2. The molecule has 1 unspecified atom stereocenters. The van der Waals surface area contributed by atoms with Gasteiger partial charge in [0.2, 0.25) is 5.91 Å². The zero-order valence-electron chi connectivity index (χ0n) is 11.9. The Morgan fingerprint density at radius 3 is 2.60 bits per heavy atom. The van der Waals surface area contributed by atoms with Gasteiger partial charge in [0.25, 0.3) is 0 Å². The molecule has 1 aliphatic rings. The normalized spacial score (nSPS) is 18.3. The first-order valence-electron chi connectivity index (χ1n) is 7.18. The summed E-state index contributed by atoms with van der Waals surface area (Å²) in [6.45, 7) is 3.92. The van der Waals surface area contributed by atoms with Gasteiger partial charge in [0.05, 0.1) is 17.4 Å². The van der Waals surface area contributed by atoms with Crippen molar-refractivity contribution in [2.45, 2.75) is 38.6 Å². The van der Waals surface area contributed by atoms with Crippen LogP contribution in [-0.2, 0) is 4.79 Å². The summed E-state index contributed by atoms with van der Waals surface area (Å²) < 4.78 is 0. The molecule has 0 saturated carbocycles. The summed E-state index contributed by atoms with van der Waals surface area (Å²) in [6.07, 6.45) is 4.84. The van der Waals surface area contributed by atoms with E-state index in [1.807, 2.05) is 6.92 Å². The molecule has 1 heterocycles. The lowest BCUT2D eigenvalue weighted by Gasteiger charge is -2.26. The fraction of sp³-hybridized carbons (Fsp3) is 0.533. The quantitative estimate of drug-likeness (QED) is 0.842. The second-order valence-corrected chi connectivity index (χ2v) is 5.78. The number of hydrogen-bond donors (Lipinski definition) is 2. The van der Waals surface area contributed by atoms with Crippen molar-refractivity contribution < 1.29 is 4.79 Å². The maximum absolute atomic E-state index is 12.3. The Kier molecular flexibility index (Phi) is 5.26. The van der Waals surface area contributed by atoms with E-state index in [-0.39, 0.29) is 11.9 Å². The smallest absolute Gasteiger partial charge is 0.241 e. The van der Waals surface area contributed by atoms with E-state index in [0.29, 0.717) is 16.4 Å². The minimum atomic E-state index is -0.147. The number of hydrogen-bond acceptors (Lipinski definition) is 3. The third-order valence-electron chi connectivity index (χ3n) is 3.84. The van der Waals surface area contributed by atoms with E-state index in [9.17, 15) is 4.79 Å². The third kappa shape index (κ3) is 3.87. The van der Waals surface area contributed by atoms with Crippen LogP contribution >= 0.6 is 11.6 Å². The molecular formula is C15H22ClN3O. The van der Waals surface area contributed by atoms with Gasteiger partial charge in [0, 0.05) is 5.02 Å². The van der Waals surface area contributed by atoms with Gasteiger partial charge < -0.3 is 11.1 Å². The fourth-order valence-electron chi connectivity index (χ4n) is 2.52. The molecule has 0 aliphatic carbocycles. The van der Waals surface area contributed by atoms with Crippen LogP contribution in [0.25, 0.3) is 0 Å². The Morgan fingerprint density at radius 1 is 1.30 bits per heavy atom. The van der Waals surface area contributed by atoms with Crippen molar-refractivity contribution in [2.75, 3.05) is 24.1 Å². The van der Waals surface area contributed by atoms with Crippen molar-refractivity contribution >= 4 is 28.9 Å². The largest absolute Gasteiger partial charge is 0.397 e. The minimum Gasteiger partial charge on any atom is -0.397 e. The van der Waals surface area contributed by atoms with Crippen LogP contribution < -0.4 is 11.1 Å². The Balaban J connectivity index is 2.01. The highest BCUT2D eigenvalue weighted by Crippen LogP contribution is 2.23. The van der Waals surface area contributed by atoms with Crippen molar-refractivity contribution in [1.29, 1.82) is 0 Å². The molecule has 1 atom stereocenters. The molecule has 2 rings (SSSR count). The highest BCUT2D eigenvalue weighted by Gasteiger charge is 2.22. The maximum atomic E-state index is 12.3. The van der Waals surface area contributed by atoms with Crippen molar-refractivity contribution in [2.24, 2.45) is 0 Å². The molecule has 4 nitrogen and oxygen atoms in total. The van der Waals surface area contributed by atoms with Gasteiger partial charge in [-0.15, -0.1) is 0 Å². The summed E-state index contributed by atoms with van der Waals surface area (Å²) >= 11 is 5.93. The summed E-state index contributed by atoms with van der Waals surface area (Å²) in [4.78, 5) is 14.6. The van der Waals surface area contributed by atoms with Crippen LogP contribution in [-0.4, -0.2) is 29.9 Å². The number of nitrogens with one attached hydrogen (secondary N) is 1. The standard InChI is InChI=1S/C15H22ClN3O/c1-11(19-8-4-2-3-5-9-19)15(20)18-14-10-12(16)6-7-13(14)17/h6-7,10-11H,2-5,8-9,17H2,1H3,(H,18,20). The number of nitrogen functional groups attached to an aromatic ring is 1. The molecule has 0 aromatic heterocycles. The van der Waals surface area contributed by atoms with E-state index in [4.69, 9.17) is 17.3 Å². The average molecular weight is 296 g/mol. The lowest BCUT2D eigenvalue weighted by molar-refractivity contribution is -0.120. The Morgan fingerprint density at radius 2 is 1.95 bits per heavy atom. The van der Waals surface area contributed by atoms with Gasteiger partial charge in [0.1, 0.15) is 0 Å². The minimum absolute atomic E-state index is 0.0270. The van der Waals surface area contributed by atoms with Crippen LogP contribution in [0.2, 0.25) is 5.02 Å². The lowest BCUT2D eigenvalue weighted by Crippen LogP contribution is -2.42. The molecule has 20 heavy (non-hydrogen) atoms. The fourth-order valence-corrected chi connectivity index (χ4v) is 2.69. The Hall–Kier alpha value is -1.26. The Labute approximate surface area is 125 Å². The number of likely N-dealkylation sites (tertiary alicyclic amines) is 1. The number of carbonyl (C=O) groups excluding carboxylic acids is 1. The summed E-state index contributed by atoms with van der Waals surface area (Å²) in [7, 11) is 0. The summed E-state index contributed by atoms with van der Waals surface area (Å²) in [5, 5.41) is 3.45. The van der Waals surface area contributed by atoms with Crippen molar-refractivity contribution in [3.63, 3.8) is 0 Å². The number of amides is 1. The van der Waals surface area contributed by atoms with Crippen LogP contribution in [0.1, 0.15) is 32.6 Å². The topological polar surface area (TPSA) is 58.4 Å². The monoisotopic (exact) mass is 295 g/mol. The molecule has 1 saturated heterocycles. The van der Waals surface area contributed by atoms with Gasteiger partial charge in [-0.2, -0.15) is 0 Å². The van der Waals surface area contributed by atoms with Crippen LogP contribution in [0.3, 0.4) is 0 Å². The van der Waals surface area contributed by atoms with Crippen LogP contribution in [0.15, 0.2) is 18.2 Å². The highest BCUT2D eigenvalue weighted by molar-refractivity contribution is 6.31. The first-order valence-corrected chi connectivity index (χ1v) is 7.55. The molecular weight excluding hydrogens is 274 g/mol. The molecule has 1 fully saturated rings. The van der Waals surface area contributed by atoms with Crippen molar-refractivity contribution in [1.82, 2.24) is 4.90 Å². The second kappa shape index (κ2) is 6.95. The summed E-state index contributed by atoms with van der Waals surface area (Å²) in [5.74, 6) is -0.0270. The number of rotatable bonds is 3. The Bertz CT molecular complexity index is 470. The van der Waals surface area contributed by atoms with Crippen LogP contribution in [0.4, 0.5) is 11.4 Å². The van der Waals surface area contributed by atoms with Crippen molar-refractivity contribution in [3.8, 4) is 0 Å². The molecule has 1 amide bonds. The highest BCUT2D eigenvalue weighted by atomic mass is 35.5. The van der Waals surface area contributed by atoms with Crippen LogP contribution in [0, 0.1) is 0 Å². The van der Waals surface area contributed by atoms with Crippen molar-refractivity contribution in [3.05, 3.63) is 23.2 Å². The number of carbonyl (C=O) groups is 1. The zero-order valence-corrected chi connectivity index (χ0v) is 12.6. The zero-order chi connectivity index (χ0) is 14.5. The number of benzene rings is 1. The van der Waals surface area contributed by atoms with E-state index < -0.39 is 0 Å². The van der Waals surface area contributed by atoms with Gasteiger partial charge in [-0.25, -0.2) is 0 Å². The second-order valence-electron chi connectivity index (χ2n) is 5.35. The van der Waals surface area contributed by atoms with E-state index >= 15 is 0 Å². The number of halogens is 1. The van der Waals surface area contributed by atoms with Crippen LogP contribution in [0.5, 0.6) is 0 Å². The predicted octanol–water partition coefficient (Wildman–Crippen LogP) is 3.13. The molecule has 110 valence electrons. The maximum Gasteiger partial charge on any atom is 0.241 e. The molecule has 1 aromatic rings. The van der Waals surface area contributed by atoms with E-state index in [2.05, 4.69) is 10.2 Å². The van der Waals surface area contributed by atoms with E-state index in [1.165, 1.54) is 12.8 Å². The summed E-state index contributed by atoms with van der Waals surface area (Å²) in [5.41, 5.74) is 6.97. The number of nitrogens with zero attached hydrogens (tertiary/aromatic N) is 1. The molecule has 0 radical (unpaired) electrons. The predicted molar refractivity (Wildman–Crippen MR) is 84.0 cm³/mol. The first-order chi connectivity index (χ1) is 9.58. The van der Waals surface area contributed by atoms with Gasteiger partial charge in [-0.1, -0.05) is 24.4 Å². The SMILES string of the molecule is CC(C(=O)Nc1cc(Cl)ccc1N)N1CCCCCC1. The van der Waals surface area contributed by atoms with Gasteiger partial charge in [-0.3, -0.25) is 9.69 Å². The molecule has 5 heteroatoms. The van der Waals surface area contributed by atoms with E-state index in [1.54, 1.807) is 18.2 Å². The van der Waals surface area contributed by atoms with Gasteiger partial charge in [-0.05, 0) is 51.1 Å². The van der Waals surface area contributed by atoms with Gasteiger partial charge >= 0.3 is 0 Å². The first kappa shape index (κ1) is 15.1. The van der Waals surface area contributed by atoms with E-state index in [0.717, 1.165) is 25.9 Å². The molecule has 0 spiro atoms. The summed E-state index contributed by atoms with van der Waals surface area (Å²) in [6, 6.07) is 4.95. The lowest BCUT2D eigenvalue weighted by atomic mass is 10.2. The molecule has 1 aliphatic heterocycles. The molecule has 1 aromatic carbocycles. The van der Waals surface area contributed by atoms with Gasteiger partial charge in [0.15, 0.2) is 0 Å². The molecule has 3 N–H and O–H groups in total. The third-order valence-corrected chi connectivity index (χ3v) is 4.08. The molecule has 0 bridgehead atoms.